The van der Waals surface area contributed by atoms with Crippen molar-refractivity contribution in [3.8, 4) is 5.75 Å². The van der Waals surface area contributed by atoms with Crippen LogP contribution in [0.4, 0.5) is 5.69 Å². The number of para-hydroxylation sites is 1. The maximum Gasteiger partial charge on any atom is 0.350 e. The van der Waals surface area contributed by atoms with Gasteiger partial charge in [-0.3, -0.25) is 4.79 Å². The van der Waals surface area contributed by atoms with Crippen molar-refractivity contribution in [2.24, 2.45) is 0 Å². The molecule has 7 heteroatoms. The lowest BCUT2D eigenvalue weighted by Gasteiger charge is -2.27. The van der Waals surface area contributed by atoms with E-state index < -0.39 is 12.1 Å². The summed E-state index contributed by atoms with van der Waals surface area (Å²) in [5.41, 5.74) is 1.44. The fourth-order valence-corrected chi connectivity index (χ4v) is 3.58. The summed E-state index contributed by atoms with van der Waals surface area (Å²) in [6.07, 6.45) is -0.613. The normalized spacial score (nSPS) is 16.3. The SMILES string of the molecule is CCOC(=O)c1sc(C)c2c1N[C@@H](c1ccccc1O)NC2=O. The first kappa shape index (κ1) is 15.4. The first-order valence-corrected chi connectivity index (χ1v) is 8.00. The van der Waals surface area contributed by atoms with Crippen molar-refractivity contribution >= 4 is 28.9 Å². The summed E-state index contributed by atoms with van der Waals surface area (Å²) < 4.78 is 5.06. The lowest BCUT2D eigenvalue weighted by Crippen LogP contribution is -2.38. The van der Waals surface area contributed by atoms with Crippen LogP contribution in [0, 0.1) is 6.92 Å². The monoisotopic (exact) mass is 332 g/mol. The van der Waals surface area contributed by atoms with Gasteiger partial charge in [-0.1, -0.05) is 18.2 Å². The Morgan fingerprint density at radius 1 is 1.35 bits per heavy atom. The summed E-state index contributed by atoms with van der Waals surface area (Å²) in [4.78, 5) is 25.6. The Balaban J connectivity index is 2.03. The van der Waals surface area contributed by atoms with Gasteiger partial charge in [-0.15, -0.1) is 11.3 Å². The number of carbonyl (C=O) groups is 2. The minimum Gasteiger partial charge on any atom is -0.508 e. The van der Waals surface area contributed by atoms with Gasteiger partial charge in [-0.25, -0.2) is 4.79 Å². The molecular weight excluding hydrogens is 316 g/mol. The second-order valence-electron chi connectivity index (χ2n) is 5.07. The van der Waals surface area contributed by atoms with E-state index in [9.17, 15) is 14.7 Å². The van der Waals surface area contributed by atoms with Crippen molar-refractivity contribution in [2.75, 3.05) is 11.9 Å². The smallest absolute Gasteiger partial charge is 0.350 e. The van der Waals surface area contributed by atoms with E-state index in [0.29, 0.717) is 21.7 Å². The van der Waals surface area contributed by atoms with E-state index in [1.165, 1.54) is 11.3 Å². The molecule has 1 aromatic carbocycles. The summed E-state index contributed by atoms with van der Waals surface area (Å²) in [5.74, 6) is -0.672. The maximum absolute atomic E-state index is 12.4. The van der Waals surface area contributed by atoms with E-state index in [1.54, 1.807) is 38.1 Å². The van der Waals surface area contributed by atoms with Crippen molar-refractivity contribution in [2.45, 2.75) is 20.0 Å². The topological polar surface area (TPSA) is 87.7 Å². The molecule has 0 fully saturated rings. The molecule has 0 bridgehead atoms. The van der Waals surface area contributed by atoms with Crippen molar-refractivity contribution < 1.29 is 19.4 Å². The highest BCUT2D eigenvalue weighted by molar-refractivity contribution is 7.15. The predicted molar refractivity (Wildman–Crippen MR) is 86.9 cm³/mol. The number of nitrogens with one attached hydrogen (secondary N) is 2. The van der Waals surface area contributed by atoms with Crippen LogP contribution >= 0.6 is 11.3 Å². The molecule has 2 heterocycles. The molecule has 3 rings (SSSR count). The quantitative estimate of drug-likeness (QED) is 0.752. The standard InChI is InChI=1S/C16H16N2O4S/c1-3-22-16(21)13-12-11(8(2)23-13)15(20)18-14(17-12)9-6-4-5-7-10(9)19/h4-7,14,17,19H,3H2,1-2H3,(H,18,20)/t14-/m1/s1. The van der Waals surface area contributed by atoms with Crippen molar-refractivity contribution in [1.29, 1.82) is 0 Å². The number of phenols is 1. The molecule has 0 aliphatic carbocycles. The predicted octanol–water partition coefficient (Wildman–Crippen LogP) is 2.79. The van der Waals surface area contributed by atoms with E-state index in [2.05, 4.69) is 10.6 Å². The number of anilines is 1. The van der Waals surface area contributed by atoms with Gasteiger partial charge < -0.3 is 20.5 Å². The van der Waals surface area contributed by atoms with Gasteiger partial charge in [0.1, 0.15) is 16.8 Å². The van der Waals surface area contributed by atoms with Crippen LogP contribution in [0.2, 0.25) is 0 Å². The number of amides is 1. The van der Waals surface area contributed by atoms with Crippen molar-refractivity contribution in [3.63, 3.8) is 0 Å². The minimum atomic E-state index is -0.613. The minimum absolute atomic E-state index is 0.0680. The largest absolute Gasteiger partial charge is 0.508 e. The molecule has 1 aliphatic rings. The van der Waals surface area contributed by atoms with Crippen LogP contribution in [0.25, 0.3) is 0 Å². The number of thiophene rings is 1. The van der Waals surface area contributed by atoms with Crippen LogP contribution in [0.5, 0.6) is 5.75 Å². The van der Waals surface area contributed by atoms with Crippen LogP contribution in [-0.4, -0.2) is 23.6 Å². The third kappa shape index (κ3) is 2.63. The summed E-state index contributed by atoms with van der Waals surface area (Å²) in [7, 11) is 0. The number of hydrogen-bond acceptors (Lipinski definition) is 6. The summed E-state index contributed by atoms with van der Waals surface area (Å²) in [5, 5.41) is 15.9. The van der Waals surface area contributed by atoms with E-state index in [4.69, 9.17) is 4.74 Å². The van der Waals surface area contributed by atoms with Gasteiger partial charge >= 0.3 is 5.97 Å². The van der Waals surface area contributed by atoms with E-state index in [1.807, 2.05) is 0 Å². The number of aromatic hydroxyl groups is 1. The van der Waals surface area contributed by atoms with Crippen LogP contribution in [-0.2, 0) is 4.74 Å². The number of phenolic OH excluding ortho intramolecular Hbond substituents is 1. The highest BCUT2D eigenvalue weighted by atomic mass is 32.1. The number of hydrogen-bond donors (Lipinski definition) is 3. The Morgan fingerprint density at radius 2 is 2.09 bits per heavy atom. The molecule has 0 unspecified atom stereocenters. The molecule has 2 aromatic rings. The molecule has 1 atom stereocenters. The van der Waals surface area contributed by atoms with Gasteiger partial charge in [-0.05, 0) is 19.9 Å². The molecule has 0 radical (unpaired) electrons. The number of ether oxygens (including phenoxy) is 1. The Bertz CT molecular complexity index is 784. The second kappa shape index (κ2) is 5.92. The highest BCUT2D eigenvalue weighted by Gasteiger charge is 2.33. The second-order valence-corrected chi connectivity index (χ2v) is 6.29. The molecule has 6 nitrogen and oxygen atoms in total. The van der Waals surface area contributed by atoms with Crippen molar-refractivity contribution in [1.82, 2.24) is 5.32 Å². The molecule has 1 aromatic heterocycles. The number of esters is 1. The van der Waals surface area contributed by atoms with E-state index in [-0.39, 0.29) is 18.3 Å². The Labute approximate surface area is 137 Å². The first-order chi connectivity index (χ1) is 11.0. The third-order valence-electron chi connectivity index (χ3n) is 3.58. The zero-order valence-corrected chi connectivity index (χ0v) is 13.5. The number of carbonyl (C=O) groups excluding carboxylic acids is 2. The molecule has 0 saturated heterocycles. The van der Waals surface area contributed by atoms with Gasteiger partial charge in [0.15, 0.2) is 0 Å². The lowest BCUT2D eigenvalue weighted by molar-refractivity contribution is 0.0533. The van der Waals surface area contributed by atoms with E-state index in [0.717, 1.165) is 4.88 Å². The summed E-state index contributed by atoms with van der Waals surface area (Å²) >= 11 is 1.22. The number of benzene rings is 1. The molecule has 0 saturated carbocycles. The number of fused-ring (bicyclic) bond motifs is 1. The molecule has 23 heavy (non-hydrogen) atoms. The van der Waals surface area contributed by atoms with Crippen LogP contribution in [0.3, 0.4) is 0 Å². The molecule has 3 N–H and O–H groups in total. The fraction of sp³-hybridized carbons (Fsp3) is 0.250. The zero-order valence-electron chi connectivity index (χ0n) is 12.7. The van der Waals surface area contributed by atoms with Gasteiger partial charge in [0.05, 0.1) is 17.9 Å². The average Bonchev–Trinajstić information content (AvgIpc) is 2.85. The van der Waals surface area contributed by atoms with E-state index >= 15 is 0 Å². The van der Waals surface area contributed by atoms with Gasteiger partial charge in [0.2, 0.25) is 0 Å². The summed E-state index contributed by atoms with van der Waals surface area (Å²) in [6.45, 7) is 3.78. The van der Waals surface area contributed by atoms with Gasteiger partial charge in [0.25, 0.3) is 5.91 Å². The Morgan fingerprint density at radius 3 is 2.78 bits per heavy atom. The van der Waals surface area contributed by atoms with Gasteiger partial charge in [-0.2, -0.15) is 0 Å². The van der Waals surface area contributed by atoms with Crippen LogP contribution in [0.15, 0.2) is 24.3 Å². The summed E-state index contributed by atoms with van der Waals surface area (Å²) in [6, 6.07) is 6.72. The first-order valence-electron chi connectivity index (χ1n) is 7.18. The lowest BCUT2D eigenvalue weighted by atomic mass is 10.1. The molecule has 1 aliphatic heterocycles. The highest BCUT2D eigenvalue weighted by Crippen LogP contribution is 2.39. The Kier molecular flexibility index (Phi) is 3.96. The third-order valence-corrected chi connectivity index (χ3v) is 4.67. The maximum atomic E-state index is 12.4. The van der Waals surface area contributed by atoms with Crippen LogP contribution < -0.4 is 10.6 Å². The Hall–Kier alpha value is -2.54. The molecule has 120 valence electrons. The van der Waals surface area contributed by atoms with Gasteiger partial charge in [0, 0.05) is 10.4 Å². The van der Waals surface area contributed by atoms with Crippen LogP contribution in [0.1, 0.15) is 43.6 Å². The number of rotatable bonds is 3. The number of aryl methyl sites for hydroxylation is 1. The zero-order chi connectivity index (χ0) is 16.6. The van der Waals surface area contributed by atoms with Crippen molar-refractivity contribution in [3.05, 3.63) is 45.1 Å². The molecular formula is C16H16N2O4S. The molecule has 1 amide bonds. The fourth-order valence-electron chi connectivity index (χ4n) is 2.57. The average molecular weight is 332 g/mol. The molecule has 0 spiro atoms.